The zero-order valence-corrected chi connectivity index (χ0v) is 9.57. The Kier molecular flexibility index (Phi) is 5.42. The van der Waals surface area contributed by atoms with E-state index < -0.39 is 0 Å². The number of hydrogen-bond donors (Lipinski definition) is 2. The Labute approximate surface area is 95.5 Å². The van der Waals surface area contributed by atoms with E-state index >= 15 is 0 Å². The predicted octanol–water partition coefficient (Wildman–Crippen LogP) is 0.530. The van der Waals surface area contributed by atoms with Crippen LogP contribution in [0, 0.1) is 6.92 Å². The molecule has 88 valence electrons. The van der Waals surface area contributed by atoms with Crippen molar-refractivity contribution in [3.8, 4) is 0 Å². The summed E-state index contributed by atoms with van der Waals surface area (Å²) < 4.78 is 0. The Morgan fingerprint density at radius 3 is 3.00 bits per heavy atom. The van der Waals surface area contributed by atoms with Crippen molar-refractivity contribution in [3.63, 3.8) is 0 Å². The van der Waals surface area contributed by atoms with E-state index in [2.05, 4.69) is 15.3 Å². The number of primary amides is 1. The quantitative estimate of drug-likeness (QED) is 0.659. The van der Waals surface area contributed by atoms with Crippen LogP contribution >= 0.6 is 0 Å². The molecule has 0 unspecified atom stereocenters. The topological polar surface area (TPSA) is 80.9 Å². The van der Waals surface area contributed by atoms with Gasteiger partial charge in [0.15, 0.2) is 0 Å². The highest BCUT2D eigenvalue weighted by molar-refractivity contribution is 5.73. The van der Waals surface area contributed by atoms with Gasteiger partial charge < -0.3 is 11.1 Å². The number of nitrogens with one attached hydrogen (secondary N) is 1. The molecule has 3 N–H and O–H groups in total. The van der Waals surface area contributed by atoms with Gasteiger partial charge in [0.1, 0.15) is 5.82 Å². The van der Waals surface area contributed by atoms with Crippen LogP contribution in [0.3, 0.4) is 0 Å². The summed E-state index contributed by atoms with van der Waals surface area (Å²) >= 11 is 0. The van der Waals surface area contributed by atoms with E-state index in [4.69, 9.17) is 5.73 Å². The minimum absolute atomic E-state index is 0.230. The van der Waals surface area contributed by atoms with E-state index in [-0.39, 0.29) is 5.91 Å². The van der Waals surface area contributed by atoms with E-state index in [9.17, 15) is 4.79 Å². The first kappa shape index (κ1) is 12.6. The molecular weight excluding hydrogens is 204 g/mol. The minimum atomic E-state index is -0.230. The third-order valence-corrected chi connectivity index (χ3v) is 2.17. The highest BCUT2D eigenvalue weighted by Crippen LogP contribution is 1.96. The third-order valence-electron chi connectivity index (χ3n) is 2.17. The van der Waals surface area contributed by atoms with Crippen LogP contribution in [-0.2, 0) is 11.3 Å². The van der Waals surface area contributed by atoms with Crippen molar-refractivity contribution in [3.05, 3.63) is 23.8 Å². The second-order valence-corrected chi connectivity index (χ2v) is 3.70. The van der Waals surface area contributed by atoms with Crippen LogP contribution in [-0.4, -0.2) is 22.4 Å². The van der Waals surface area contributed by atoms with Crippen molar-refractivity contribution < 1.29 is 4.79 Å². The number of unbranched alkanes of at least 4 members (excludes halogenated alkanes) is 1. The average molecular weight is 222 g/mol. The van der Waals surface area contributed by atoms with E-state index in [1.807, 2.05) is 13.0 Å². The number of nitrogens with zero attached hydrogens (tertiary/aromatic N) is 2. The lowest BCUT2D eigenvalue weighted by Crippen LogP contribution is -2.17. The molecular formula is C11H18N4O. The molecule has 1 heterocycles. The molecule has 0 radical (unpaired) electrons. The van der Waals surface area contributed by atoms with E-state index in [1.165, 1.54) is 0 Å². The zero-order valence-electron chi connectivity index (χ0n) is 9.57. The first-order valence-electron chi connectivity index (χ1n) is 5.46. The van der Waals surface area contributed by atoms with Crippen LogP contribution in [0.25, 0.3) is 0 Å². The third kappa shape index (κ3) is 5.41. The van der Waals surface area contributed by atoms with Gasteiger partial charge in [-0.05, 0) is 32.4 Å². The van der Waals surface area contributed by atoms with E-state index in [1.54, 1.807) is 6.20 Å². The zero-order chi connectivity index (χ0) is 11.8. The Morgan fingerprint density at radius 1 is 1.50 bits per heavy atom. The molecule has 0 aliphatic carbocycles. The van der Waals surface area contributed by atoms with Crippen molar-refractivity contribution in [1.82, 2.24) is 15.3 Å². The lowest BCUT2D eigenvalue weighted by molar-refractivity contribution is -0.118. The fraction of sp³-hybridized carbons (Fsp3) is 0.545. The van der Waals surface area contributed by atoms with Crippen LogP contribution in [0.1, 0.15) is 30.8 Å². The second-order valence-electron chi connectivity index (χ2n) is 3.70. The Bertz CT molecular complexity index is 341. The van der Waals surface area contributed by atoms with Crippen LogP contribution in [0.4, 0.5) is 0 Å². The molecule has 0 spiro atoms. The Morgan fingerprint density at radius 2 is 2.31 bits per heavy atom. The molecule has 1 amide bonds. The number of carbonyl (C=O) groups is 1. The molecule has 0 aliphatic rings. The highest BCUT2D eigenvalue weighted by Gasteiger charge is 1.96. The molecule has 16 heavy (non-hydrogen) atoms. The van der Waals surface area contributed by atoms with Crippen molar-refractivity contribution in [1.29, 1.82) is 0 Å². The van der Waals surface area contributed by atoms with Gasteiger partial charge in [0.05, 0.1) is 5.69 Å². The number of amides is 1. The summed E-state index contributed by atoms with van der Waals surface area (Å²) in [5.74, 6) is 0.555. The second kappa shape index (κ2) is 6.90. The molecule has 1 rings (SSSR count). The smallest absolute Gasteiger partial charge is 0.217 e. The maximum atomic E-state index is 10.5. The largest absolute Gasteiger partial charge is 0.370 e. The fourth-order valence-electron chi connectivity index (χ4n) is 1.37. The molecule has 0 saturated heterocycles. The van der Waals surface area contributed by atoms with Crippen LogP contribution in [0.2, 0.25) is 0 Å². The number of nitrogens with two attached hydrogens (primary N) is 1. The van der Waals surface area contributed by atoms with Gasteiger partial charge in [-0.2, -0.15) is 0 Å². The number of rotatable bonds is 7. The van der Waals surface area contributed by atoms with Gasteiger partial charge in [-0.3, -0.25) is 4.79 Å². The van der Waals surface area contributed by atoms with Gasteiger partial charge in [0, 0.05) is 19.2 Å². The summed E-state index contributed by atoms with van der Waals surface area (Å²) in [5.41, 5.74) is 6.03. The lowest BCUT2D eigenvalue weighted by atomic mass is 10.2. The number of hydrogen-bond acceptors (Lipinski definition) is 4. The standard InChI is InChI=1S/C11H18N4O/c1-9-14-7-5-10(15-9)8-13-6-3-2-4-11(12)16/h5,7,13H,2-4,6,8H2,1H3,(H2,12,16). The normalized spacial score (nSPS) is 10.3. The van der Waals surface area contributed by atoms with Gasteiger partial charge in [-0.25, -0.2) is 9.97 Å². The number of aryl methyl sites for hydroxylation is 1. The summed E-state index contributed by atoms with van der Waals surface area (Å²) in [5, 5.41) is 3.26. The van der Waals surface area contributed by atoms with E-state index in [0.717, 1.165) is 37.4 Å². The van der Waals surface area contributed by atoms with Gasteiger partial charge in [-0.1, -0.05) is 0 Å². The van der Waals surface area contributed by atoms with Crippen LogP contribution < -0.4 is 11.1 Å². The van der Waals surface area contributed by atoms with Gasteiger partial charge >= 0.3 is 0 Å². The van der Waals surface area contributed by atoms with Gasteiger partial charge in [0.2, 0.25) is 5.91 Å². The highest BCUT2D eigenvalue weighted by atomic mass is 16.1. The molecule has 1 aromatic heterocycles. The van der Waals surface area contributed by atoms with Crippen LogP contribution in [0.15, 0.2) is 12.3 Å². The molecule has 5 heteroatoms. The number of aromatic nitrogens is 2. The summed E-state index contributed by atoms with van der Waals surface area (Å²) in [4.78, 5) is 18.8. The Balaban J connectivity index is 2.09. The molecule has 0 aromatic carbocycles. The van der Waals surface area contributed by atoms with Crippen molar-refractivity contribution in [2.24, 2.45) is 5.73 Å². The molecule has 1 aromatic rings. The van der Waals surface area contributed by atoms with E-state index in [0.29, 0.717) is 6.42 Å². The van der Waals surface area contributed by atoms with Crippen molar-refractivity contribution in [2.45, 2.75) is 32.7 Å². The minimum Gasteiger partial charge on any atom is -0.370 e. The average Bonchev–Trinajstić information content (AvgIpc) is 2.23. The van der Waals surface area contributed by atoms with Crippen molar-refractivity contribution >= 4 is 5.91 Å². The molecule has 0 saturated carbocycles. The van der Waals surface area contributed by atoms with Gasteiger partial charge in [-0.15, -0.1) is 0 Å². The number of carbonyl (C=O) groups excluding carboxylic acids is 1. The summed E-state index contributed by atoms with van der Waals surface area (Å²) in [6, 6.07) is 1.89. The molecule has 0 fully saturated rings. The lowest BCUT2D eigenvalue weighted by Gasteiger charge is -2.04. The summed E-state index contributed by atoms with van der Waals surface area (Å²) in [6.45, 7) is 3.48. The molecule has 0 aliphatic heterocycles. The fourth-order valence-corrected chi connectivity index (χ4v) is 1.37. The summed E-state index contributed by atoms with van der Waals surface area (Å²) in [7, 11) is 0. The molecule has 0 bridgehead atoms. The molecule has 5 nitrogen and oxygen atoms in total. The van der Waals surface area contributed by atoms with Crippen molar-refractivity contribution in [2.75, 3.05) is 6.54 Å². The van der Waals surface area contributed by atoms with Crippen LogP contribution in [0.5, 0.6) is 0 Å². The first-order valence-corrected chi connectivity index (χ1v) is 5.46. The molecule has 0 atom stereocenters. The maximum Gasteiger partial charge on any atom is 0.217 e. The Hall–Kier alpha value is -1.49. The maximum absolute atomic E-state index is 10.5. The summed E-state index contributed by atoms with van der Waals surface area (Å²) in [6.07, 6.45) is 4.01. The van der Waals surface area contributed by atoms with Gasteiger partial charge in [0.25, 0.3) is 0 Å². The monoisotopic (exact) mass is 222 g/mol. The SMILES string of the molecule is Cc1nccc(CNCCCCC(N)=O)n1. The predicted molar refractivity (Wildman–Crippen MR) is 61.5 cm³/mol. The first-order chi connectivity index (χ1) is 7.68.